The number of thioether (sulfide) groups is 1. The first kappa shape index (κ1) is 22.1. The number of carbonyl (C=O) groups excluding carboxylic acids is 2. The topological polar surface area (TPSA) is 86.7 Å². The maximum atomic E-state index is 13.4. The van der Waals surface area contributed by atoms with Crippen molar-refractivity contribution < 1.29 is 28.3 Å². The van der Waals surface area contributed by atoms with Gasteiger partial charge in [-0.3, -0.25) is 19.3 Å². The number of thiocarbonyl (C=S) groups is 1. The van der Waals surface area contributed by atoms with Crippen molar-refractivity contribution in [3.05, 3.63) is 51.1 Å². The average Bonchev–Trinajstić information content (AvgIpc) is 3.26. The predicted molar refractivity (Wildman–Crippen MR) is 115 cm³/mol. The van der Waals surface area contributed by atoms with Crippen molar-refractivity contribution in [3.8, 4) is 11.1 Å². The molecule has 1 aliphatic rings. The van der Waals surface area contributed by atoms with E-state index in [1.165, 1.54) is 22.3 Å². The SMILES string of the molecule is O=C(O)CNC(=O)CCN1C(=O)C(=Cc2cc(-c3ccc(F)c(F)c3)cs2)SC1=S. The molecule has 0 saturated carbocycles. The first-order valence-electron chi connectivity index (χ1n) is 8.52. The lowest BCUT2D eigenvalue weighted by Crippen LogP contribution is -2.35. The number of aliphatic carboxylic acids is 1. The van der Waals surface area contributed by atoms with E-state index in [-0.39, 0.29) is 18.9 Å². The van der Waals surface area contributed by atoms with Gasteiger partial charge in [0.1, 0.15) is 10.9 Å². The summed E-state index contributed by atoms with van der Waals surface area (Å²) in [4.78, 5) is 37.1. The molecule has 0 radical (unpaired) electrons. The Morgan fingerprint density at radius 2 is 1.97 bits per heavy atom. The highest BCUT2D eigenvalue weighted by molar-refractivity contribution is 8.26. The molecule has 0 spiro atoms. The number of carbonyl (C=O) groups is 3. The summed E-state index contributed by atoms with van der Waals surface area (Å²) in [6.45, 7) is -0.451. The van der Waals surface area contributed by atoms with Crippen LogP contribution in [0.15, 0.2) is 34.6 Å². The van der Waals surface area contributed by atoms with Gasteiger partial charge in [0.05, 0.1) is 4.91 Å². The number of carboxylic acid groups (broad SMARTS) is 1. The van der Waals surface area contributed by atoms with Crippen molar-refractivity contribution in [2.75, 3.05) is 13.1 Å². The molecular weight excluding hydrogens is 454 g/mol. The molecule has 2 heterocycles. The Morgan fingerprint density at radius 1 is 1.20 bits per heavy atom. The third-order valence-electron chi connectivity index (χ3n) is 4.02. The van der Waals surface area contributed by atoms with Gasteiger partial charge in [0.15, 0.2) is 11.6 Å². The minimum atomic E-state index is -1.16. The van der Waals surface area contributed by atoms with E-state index < -0.39 is 30.1 Å². The molecular formula is C19H14F2N2O4S3. The molecule has 1 saturated heterocycles. The van der Waals surface area contributed by atoms with E-state index in [4.69, 9.17) is 17.3 Å². The standard InChI is InChI=1S/C19H14F2N2O4S3/c20-13-2-1-10(6-14(13)21)11-5-12(29-9-11)7-15-18(27)23(19(28)30-15)4-3-16(24)22-8-17(25)26/h1-2,5-7,9H,3-4,8H2,(H,22,24)(H,25,26). The van der Waals surface area contributed by atoms with Crippen LogP contribution in [0.5, 0.6) is 0 Å². The van der Waals surface area contributed by atoms with Crippen LogP contribution in [-0.2, 0) is 14.4 Å². The average molecular weight is 469 g/mol. The lowest BCUT2D eigenvalue weighted by Gasteiger charge is -2.13. The number of hydrogen-bond donors (Lipinski definition) is 2. The molecule has 0 unspecified atom stereocenters. The highest BCUT2D eigenvalue weighted by Crippen LogP contribution is 2.35. The zero-order valence-corrected chi connectivity index (χ0v) is 17.6. The Bertz CT molecular complexity index is 1070. The number of nitrogens with zero attached hydrogens (tertiary/aromatic N) is 1. The van der Waals surface area contributed by atoms with Crippen molar-refractivity contribution in [3.63, 3.8) is 0 Å². The Hall–Kier alpha value is -2.63. The number of nitrogens with one attached hydrogen (secondary N) is 1. The second-order valence-electron chi connectivity index (χ2n) is 6.12. The molecule has 2 amide bonds. The normalized spacial score (nSPS) is 15.1. The molecule has 2 N–H and O–H groups in total. The van der Waals surface area contributed by atoms with Gasteiger partial charge >= 0.3 is 5.97 Å². The monoisotopic (exact) mass is 468 g/mol. The van der Waals surface area contributed by atoms with Gasteiger partial charge in [-0.05, 0) is 40.8 Å². The largest absolute Gasteiger partial charge is 0.480 e. The highest BCUT2D eigenvalue weighted by atomic mass is 32.2. The molecule has 1 aromatic heterocycles. The molecule has 3 rings (SSSR count). The molecule has 6 nitrogen and oxygen atoms in total. The van der Waals surface area contributed by atoms with Gasteiger partial charge in [-0.1, -0.05) is 30.0 Å². The van der Waals surface area contributed by atoms with Crippen LogP contribution in [0.2, 0.25) is 0 Å². The summed E-state index contributed by atoms with van der Waals surface area (Å²) in [5, 5.41) is 12.5. The quantitative estimate of drug-likeness (QED) is 0.478. The molecule has 0 atom stereocenters. The van der Waals surface area contributed by atoms with Gasteiger partial charge in [-0.2, -0.15) is 0 Å². The summed E-state index contributed by atoms with van der Waals surface area (Å²) in [6.07, 6.45) is 1.57. The summed E-state index contributed by atoms with van der Waals surface area (Å²) in [6, 6.07) is 5.39. The Morgan fingerprint density at radius 3 is 2.67 bits per heavy atom. The van der Waals surface area contributed by atoms with Crippen LogP contribution >= 0.6 is 35.3 Å². The molecule has 11 heteroatoms. The van der Waals surface area contributed by atoms with E-state index >= 15 is 0 Å². The smallest absolute Gasteiger partial charge is 0.322 e. The number of benzene rings is 1. The van der Waals surface area contributed by atoms with E-state index in [1.807, 2.05) is 0 Å². The summed E-state index contributed by atoms with van der Waals surface area (Å²) in [7, 11) is 0. The third-order valence-corrected chi connectivity index (χ3v) is 6.28. The number of thiophene rings is 1. The number of hydrogen-bond acceptors (Lipinski definition) is 6. The molecule has 1 fully saturated rings. The fraction of sp³-hybridized carbons (Fsp3) is 0.158. The maximum absolute atomic E-state index is 13.4. The third kappa shape index (κ3) is 5.29. The number of carboxylic acids is 1. The minimum absolute atomic E-state index is 0.0397. The number of amides is 2. The van der Waals surface area contributed by atoms with Crippen LogP contribution in [0.4, 0.5) is 8.78 Å². The van der Waals surface area contributed by atoms with Gasteiger partial charge in [-0.15, -0.1) is 11.3 Å². The predicted octanol–water partition coefficient (Wildman–Crippen LogP) is 3.49. The van der Waals surface area contributed by atoms with Crippen molar-refractivity contribution in [2.24, 2.45) is 0 Å². The first-order chi connectivity index (χ1) is 14.2. The van der Waals surface area contributed by atoms with Crippen LogP contribution in [0.1, 0.15) is 11.3 Å². The van der Waals surface area contributed by atoms with Crippen LogP contribution in [0.3, 0.4) is 0 Å². The fourth-order valence-electron chi connectivity index (χ4n) is 2.55. The lowest BCUT2D eigenvalue weighted by molar-refractivity contribution is -0.138. The zero-order valence-electron chi connectivity index (χ0n) is 15.2. The van der Waals surface area contributed by atoms with E-state index in [2.05, 4.69) is 5.32 Å². The zero-order chi connectivity index (χ0) is 21.8. The Kier molecular flexibility index (Phi) is 6.95. The van der Waals surface area contributed by atoms with Crippen molar-refractivity contribution >= 4 is 63.5 Å². The second kappa shape index (κ2) is 9.45. The van der Waals surface area contributed by atoms with Gasteiger partial charge in [0.2, 0.25) is 5.91 Å². The van der Waals surface area contributed by atoms with E-state index in [1.54, 1.807) is 17.5 Å². The van der Waals surface area contributed by atoms with Crippen LogP contribution in [0.25, 0.3) is 17.2 Å². The summed E-state index contributed by atoms with van der Waals surface area (Å²) < 4.78 is 26.9. The van der Waals surface area contributed by atoms with Crippen LogP contribution < -0.4 is 5.32 Å². The van der Waals surface area contributed by atoms with Gasteiger partial charge in [-0.25, -0.2) is 8.78 Å². The van der Waals surface area contributed by atoms with Crippen LogP contribution in [-0.4, -0.2) is 45.2 Å². The first-order valence-corrected chi connectivity index (χ1v) is 10.6. The van der Waals surface area contributed by atoms with Gasteiger partial charge in [0.25, 0.3) is 5.91 Å². The van der Waals surface area contributed by atoms with Gasteiger partial charge < -0.3 is 10.4 Å². The van der Waals surface area contributed by atoms with Crippen LogP contribution in [0, 0.1) is 11.6 Å². The Balaban J connectivity index is 1.67. The number of rotatable bonds is 7. The molecule has 156 valence electrons. The van der Waals surface area contributed by atoms with Crippen molar-refractivity contribution in [1.82, 2.24) is 10.2 Å². The van der Waals surface area contributed by atoms with E-state index in [9.17, 15) is 23.2 Å². The number of halogens is 2. The maximum Gasteiger partial charge on any atom is 0.322 e. The minimum Gasteiger partial charge on any atom is -0.480 e. The fourth-order valence-corrected chi connectivity index (χ4v) is 4.78. The molecule has 0 aliphatic carbocycles. The van der Waals surface area contributed by atoms with Crippen molar-refractivity contribution in [1.29, 1.82) is 0 Å². The molecule has 30 heavy (non-hydrogen) atoms. The van der Waals surface area contributed by atoms with Crippen molar-refractivity contribution in [2.45, 2.75) is 6.42 Å². The molecule has 1 aromatic carbocycles. The summed E-state index contributed by atoms with van der Waals surface area (Å²) in [5.41, 5.74) is 1.21. The van der Waals surface area contributed by atoms with Gasteiger partial charge in [0, 0.05) is 17.8 Å². The van der Waals surface area contributed by atoms with E-state index in [0.29, 0.717) is 20.4 Å². The Labute approximate surface area is 183 Å². The molecule has 1 aliphatic heterocycles. The summed E-state index contributed by atoms with van der Waals surface area (Å²) >= 11 is 7.63. The lowest BCUT2D eigenvalue weighted by atomic mass is 10.1. The molecule has 0 bridgehead atoms. The second-order valence-corrected chi connectivity index (χ2v) is 8.74. The molecule has 2 aromatic rings. The summed E-state index contributed by atoms with van der Waals surface area (Å²) in [5.74, 6) is -3.86. The highest BCUT2D eigenvalue weighted by Gasteiger charge is 2.32. The van der Waals surface area contributed by atoms with E-state index in [0.717, 1.165) is 28.8 Å².